The molecule has 0 unspecified atom stereocenters. The summed E-state index contributed by atoms with van der Waals surface area (Å²) in [6.07, 6.45) is -4.50. The van der Waals surface area contributed by atoms with Crippen LogP contribution >= 0.6 is 15.9 Å². The molecule has 0 spiro atoms. The van der Waals surface area contributed by atoms with E-state index in [9.17, 15) is 21.6 Å². The Morgan fingerprint density at radius 3 is 2.40 bits per heavy atom. The highest BCUT2D eigenvalue weighted by Gasteiger charge is 2.33. The lowest BCUT2D eigenvalue weighted by Crippen LogP contribution is -2.23. The smallest absolute Gasteiger partial charge is 0.384 e. The summed E-state index contributed by atoms with van der Waals surface area (Å²) in [4.78, 5) is 0. The maximum absolute atomic E-state index is 12.8. The molecule has 8 heteroatoms. The summed E-state index contributed by atoms with van der Waals surface area (Å²) in [7, 11) is -3.28. The zero-order valence-corrected chi connectivity index (χ0v) is 13.4. The minimum atomic E-state index is -4.50. The Hall–Kier alpha value is -0.760. The lowest BCUT2D eigenvalue weighted by Gasteiger charge is -2.15. The van der Waals surface area contributed by atoms with Gasteiger partial charge in [0, 0.05) is 16.7 Å². The number of hydrogen-bond donors (Lipinski definition) is 1. The van der Waals surface area contributed by atoms with E-state index in [-0.39, 0.29) is 18.0 Å². The lowest BCUT2D eigenvalue weighted by atomic mass is 10.1. The van der Waals surface area contributed by atoms with Crippen LogP contribution in [0, 0.1) is 0 Å². The van der Waals surface area contributed by atoms with Crippen LogP contribution in [0.1, 0.15) is 19.4 Å². The number of alkyl halides is 3. The molecule has 0 radical (unpaired) electrons. The molecule has 0 atom stereocenters. The first kappa shape index (κ1) is 17.3. The van der Waals surface area contributed by atoms with Gasteiger partial charge in [0.25, 0.3) is 0 Å². The number of sulfone groups is 1. The normalized spacial score (nSPS) is 12.8. The number of nitrogens with one attached hydrogen (secondary N) is 1. The summed E-state index contributed by atoms with van der Waals surface area (Å²) in [5, 5.41) is 1.99. The van der Waals surface area contributed by atoms with Gasteiger partial charge in [0.15, 0.2) is 9.84 Å². The second-order valence-corrected chi connectivity index (χ2v) is 8.12. The van der Waals surface area contributed by atoms with Crippen LogP contribution in [-0.4, -0.2) is 26.0 Å². The van der Waals surface area contributed by atoms with E-state index in [1.807, 2.05) is 0 Å². The number of anilines is 1. The molecule has 0 aliphatic rings. The molecule has 0 amide bonds. The zero-order chi connectivity index (χ0) is 15.6. The van der Waals surface area contributed by atoms with Gasteiger partial charge >= 0.3 is 6.18 Å². The molecule has 0 aliphatic heterocycles. The van der Waals surface area contributed by atoms with Crippen molar-refractivity contribution in [3.63, 3.8) is 0 Å². The van der Waals surface area contributed by atoms with Gasteiger partial charge < -0.3 is 5.32 Å². The van der Waals surface area contributed by atoms with Crippen LogP contribution in [0.4, 0.5) is 18.9 Å². The third-order valence-electron chi connectivity index (χ3n) is 2.71. The van der Waals surface area contributed by atoms with Crippen LogP contribution in [0.15, 0.2) is 22.7 Å². The molecule has 20 heavy (non-hydrogen) atoms. The quantitative estimate of drug-likeness (QED) is 0.855. The highest BCUT2D eigenvalue weighted by Crippen LogP contribution is 2.36. The summed E-state index contributed by atoms with van der Waals surface area (Å²) < 4.78 is 62.0. The molecule has 1 aromatic carbocycles. The molecule has 1 N–H and O–H groups in total. The van der Waals surface area contributed by atoms with Crippen molar-refractivity contribution in [2.45, 2.75) is 25.3 Å². The first-order chi connectivity index (χ1) is 9.04. The van der Waals surface area contributed by atoms with Gasteiger partial charge in [-0.2, -0.15) is 13.2 Å². The largest absolute Gasteiger partial charge is 0.418 e. The molecule has 0 heterocycles. The van der Waals surface area contributed by atoms with Gasteiger partial charge in [-0.05, 0) is 32.0 Å². The molecule has 0 bridgehead atoms. The predicted octanol–water partition coefficient (Wildman–Crippen LogP) is 3.70. The molecular weight excluding hydrogens is 359 g/mol. The Morgan fingerprint density at radius 2 is 1.90 bits per heavy atom. The van der Waals surface area contributed by atoms with Crippen LogP contribution in [0.3, 0.4) is 0 Å². The minimum absolute atomic E-state index is 0.0643. The van der Waals surface area contributed by atoms with E-state index >= 15 is 0 Å². The lowest BCUT2D eigenvalue weighted by molar-refractivity contribution is -0.137. The summed E-state index contributed by atoms with van der Waals surface area (Å²) >= 11 is 2.98. The van der Waals surface area contributed by atoms with Gasteiger partial charge in [-0.3, -0.25) is 0 Å². The minimum Gasteiger partial charge on any atom is -0.384 e. The first-order valence-corrected chi connectivity index (χ1v) is 8.37. The van der Waals surface area contributed by atoms with Gasteiger partial charge in [0.1, 0.15) is 0 Å². The van der Waals surface area contributed by atoms with E-state index in [0.717, 1.165) is 6.07 Å². The van der Waals surface area contributed by atoms with E-state index in [2.05, 4.69) is 21.2 Å². The first-order valence-electron chi connectivity index (χ1n) is 5.86. The van der Waals surface area contributed by atoms with E-state index in [1.54, 1.807) is 0 Å². The van der Waals surface area contributed by atoms with Crippen LogP contribution in [0.2, 0.25) is 0 Å². The van der Waals surface area contributed by atoms with E-state index < -0.39 is 26.8 Å². The van der Waals surface area contributed by atoms with E-state index in [4.69, 9.17) is 0 Å². The summed E-state index contributed by atoms with van der Waals surface area (Å²) in [5.74, 6) is -0.210. The van der Waals surface area contributed by atoms with Crippen LogP contribution < -0.4 is 5.32 Å². The standard InChI is InChI=1S/C12H15BrF3NO2S/c1-8(2)20(18,19)6-5-17-11-4-3-9(13)7-10(11)12(14,15)16/h3-4,7-8,17H,5-6H2,1-2H3. The van der Waals surface area contributed by atoms with E-state index in [0.29, 0.717) is 4.47 Å². The van der Waals surface area contributed by atoms with Crippen molar-refractivity contribution in [1.82, 2.24) is 0 Å². The Morgan fingerprint density at radius 1 is 1.30 bits per heavy atom. The van der Waals surface area contributed by atoms with Crippen LogP contribution in [-0.2, 0) is 16.0 Å². The topological polar surface area (TPSA) is 46.2 Å². The van der Waals surface area contributed by atoms with Crippen molar-refractivity contribution >= 4 is 31.5 Å². The van der Waals surface area contributed by atoms with Gasteiger partial charge in [-0.25, -0.2) is 8.42 Å². The number of halogens is 4. The Kier molecular flexibility index (Phi) is 5.48. The molecule has 0 fully saturated rings. The van der Waals surface area contributed by atoms with Crippen molar-refractivity contribution in [3.8, 4) is 0 Å². The van der Waals surface area contributed by atoms with Crippen LogP contribution in [0.25, 0.3) is 0 Å². The maximum Gasteiger partial charge on any atom is 0.418 e. The molecule has 0 aromatic heterocycles. The second-order valence-electron chi connectivity index (χ2n) is 4.53. The average Bonchev–Trinajstić information content (AvgIpc) is 2.29. The molecular formula is C12H15BrF3NO2S. The number of benzene rings is 1. The molecule has 114 valence electrons. The van der Waals surface area contributed by atoms with Crippen molar-refractivity contribution in [1.29, 1.82) is 0 Å². The molecule has 0 saturated heterocycles. The van der Waals surface area contributed by atoms with Gasteiger partial charge in [0.2, 0.25) is 0 Å². The van der Waals surface area contributed by atoms with Gasteiger partial charge in [0.05, 0.1) is 16.6 Å². The van der Waals surface area contributed by atoms with Crippen molar-refractivity contribution in [3.05, 3.63) is 28.2 Å². The zero-order valence-electron chi connectivity index (χ0n) is 11.0. The molecule has 1 aromatic rings. The Labute approximate surface area is 124 Å². The fourth-order valence-electron chi connectivity index (χ4n) is 1.47. The SMILES string of the molecule is CC(C)S(=O)(=O)CCNc1ccc(Br)cc1C(F)(F)F. The van der Waals surface area contributed by atoms with Crippen LogP contribution in [0.5, 0.6) is 0 Å². The van der Waals surface area contributed by atoms with Gasteiger partial charge in [-0.15, -0.1) is 0 Å². The second kappa shape index (κ2) is 6.34. The van der Waals surface area contributed by atoms with Crippen molar-refractivity contribution < 1.29 is 21.6 Å². The van der Waals surface area contributed by atoms with Crippen molar-refractivity contribution in [2.24, 2.45) is 0 Å². The third kappa shape index (κ3) is 4.66. The molecule has 1 rings (SSSR count). The monoisotopic (exact) mass is 373 g/mol. The summed E-state index contributed by atoms with van der Waals surface area (Å²) in [6, 6.07) is 3.70. The molecule has 0 aliphatic carbocycles. The predicted molar refractivity (Wildman–Crippen MR) is 76.6 cm³/mol. The Bertz CT molecular complexity index is 571. The highest BCUT2D eigenvalue weighted by molar-refractivity contribution is 9.10. The maximum atomic E-state index is 12.8. The summed E-state index contributed by atoms with van der Waals surface area (Å²) in [6.45, 7) is 3.01. The summed E-state index contributed by atoms with van der Waals surface area (Å²) in [5.41, 5.74) is -0.950. The third-order valence-corrected chi connectivity index (χ3v) is 5.41. The average molecular weight is 374 g/mol. The number of rotatable bonds is 5. The highest BCUT2D eigenvalue weighted by atomic mass is 79.9. The fraction of sp³-hybridized carbons (Fsp3) is 0.500. The molecule has 0 saturated carbocycles. The van der Waals surface area contributed by atoms with Crippen molar-refractivity contribution in [2.75, 3.05) is 17.6 Å². The van der Waals surface area contributed by atoms with E-state index in [1.165, 1.54) is 26.0 Å². The fourth-order valence-corrected chi connectivity index (χ4v) is 2.69. The van der Waals surface area contributed by atoms with Gasteiger partial charge in [-0.1, -0.05) is 15.9 Å². The number of hydrogen-bond acceptors (Lipinski definition) is 3. The Balaban J connectivity index is 2.84. The molecule has 3 nitrogen and oxygen atoms in total.